The van der Waals surface area contributed by atoms with Crippen LogP contribution >= 0.6 is 24.4 Å². The van der Waals surface area contributed by atoms with Crippen LogP contribution in [0.3, 0.4) is 0 Å². The molecule has 0 fully saturated rings. The van der Waals surface area contributed by atoms with Gasteiger partial charge in [-0.15, -0.1) is 0 Å². The summed E-state index contributed by atoms with van der Waals surface area (Å²) in [5.41, 5.74) is 1.85. The van der Waals surface area contributed by atoms with Gasteiger partial charge >= 0.3 is 0 Å². The summed E-state index contributed by atoms with van der Waals surface area (Å²) in [6, 6.07) is 14.0. The topological polar surface area (TPSA) is 91.5 Å². The van der Waals surface area contributed by atoms with E-state index >= 15 is 0 Å². The van der Waals surface area contributed by atoms with Gasteiger partial charge in [0, 0.05) is 23.4 Å². The molecule has 0 unspecified atom stereocenters. The van der Waals surface area contributed by atoms with Gasteiger partial charge in [0.25, 0.3) is 5.91 Å². The lowest BCUT2D eigenvalue weighted by atomic mass is 10.2. The van der Waals surface area contributed by atoms with Crippen molar-refractivity contribution >= 4 is 57.8 Å². The molecule has 0 bridgehead atoms. The normalized spacial score (nSPS) is 11.1. The Morgan fingerprint density at radius 1 is 0.935 bits per heavy atom. The summed E-state index contributed by atoms with van der Waals surface area (Å²) in [4.78, 5) is 23.8. The van der Waals surface area contributed by atoms with Gasteiger partial charge in [0.05, 0.1) is 6.10 Å². The molecule has 0 aromatic heterocycles. The van der Waals surface area contributed by atoms with E-state index in [1.54, 1.807) is 49.4 Å². The van der Waals surface area contributed by atoms with Crippen LogP contribution in [0.25, 0.3) is 0 Å². The maximum absolute atomic E-state index is 12.5. The van der Waals surface area contributed by atoms with Gasteiger partial charge in [-0.05, 0) is 80.2 Å². The molecule has 0 radical (unpaired) electrons. The maximum atomic E-state index is 12.5. The summed E-state index contributed by atoms with van der Waals surface area (Å²) in [6.07, 6.45) is 1.29. The molecule has 0 aliphatic rings. The van der Waals surface area contributed by atoms with E-state index in [2.05, 4.69) is 21.3 Å². The van der Waals surface area contributed by atoms with Gasteiger partial charge in [-0.1, -0.05) is 19.9 Å². The molecule has 0 saturated heterocycles. The van der Waals surface area contributed by atoms with Crippen molar-refractivity contribution in [2.75, 3.05) is 10.6 Å². The molecule has 9 heteroatoms. The minimum absolute atomic E-state index is 0.0655. The third-order valence-electron chi connectivity index (χ3n) is 4.21. The molecule has 2 amide bonds. The second-order valence-electron chi connectivity index (χ2n) is 6.71. The minimum atomic E-state index is -0.331. The van der Waals surface area contributed by atoms with Crippen LogP contribution in [0.4, 0.5) is 11.4 Å². The summed E-state index contributed by atoms with van der Waals surface area (Å²) in [7, 11) is 0. The third-order valence-corrected chi connectivity index (χ3v) is 4.62. The number of carbonyl (C=O) groups is 2. The van der Waals surface area contributed by atoms with Crippen molar-refractivity contribution in [2.24, 2.45) is 0 Å². The molecule has 2 aromatic carbocycles. The predicted octanol–water partition coefficient (Wildman–Crippen LogP) is 4.21. The standard InChI is InChI=1S/C22H26N4O3S2/c1-4-14(3)29-18-8-6-7-15(13-18)20(28)26-22(31)24-17-11-9-16(10-12-17)23-21(30)25-19(27)5-2/h6-14H,4-5H2,1-3H3,(H2,23,25,27,30)(H2,24,26,28,31)/t14-/m1/s1. The van der Waals surface area contributed by atoms with Crippen LogP contribution in [0, 0.1) is 0 Å². The quantitative estimate of drug-likeness (QED) is 0.462. The Bertz CT molecular complexity index is 948. The molecule has 2 rings (SSSR count). The highest BCUT2D eigenvalue weighted by Gasteiger charge is 2.10. The van der Waals surface area contributed by atoms with Crippen LogP contribution in [0.1, 0.15) is 44.0 Å². The van der Waals surface area contributed by atoms with Crippen LogP contribution in [-0.4, -0.2) is 28.1 Å². The molecule has 0 saturated carbocycles. The molecule has 0 aliphatic heterocycles. The van der Waals surface area contributed by atoms with E-state index in [0.717, 1.165) is 6.42 Å². The average Bonchev–Trinajstić information content (AvgIpc) is 2.74. The van der Waals surface area contributed by atoms with Gasteiger partial charge in [0.2, 0.25) is 5.91 Å². The number of thiocarbonyl (C=S) groups is 2. The average molecular weight is 459 g/mol. The van der Waals surface area contributed by atoms with Crippen LogP contribution in [0.5, 0.6) is 5.75 Å². The van der Waals surface area contributed by atoms with Gasteiger partial charge in [-0.2, -0.15) is 0 Å². The highest BCUT2D eigenvalue weighted by atomic mass is 32.1. The highest BCUT2D eigenvalue weighted by molar-refractivity contribution is 7.80. The van der Waals surface area contributed by atoms with Crippen LogP contribution in [0.15, 0.2) is 48.5 Å². The number of amides is 2. The van der Waals surface area contributed by atoms with Gasteiger partial charge in [0.15, 0.2) is 10.2 Å². The van der Waals surface area contributed by atoms with Crippen molar-refractivity contribution in [3.05, 3.63) is 54.1 Å². The van der Waals surface area contributed by atoms with E-state index in [1.165, 1.54) is 0 Å². The zero-order valence-corrected chi connectivity index (χ0v) is 19.3. The van der Waals surface area contributed by atoms with Crippen molar-refractivity contribution in [2.45, 2.75) is 39.7 Å². The summed E-state index contributed by atoms with van der Waals surface area (Å²) < 4.78 is 5.75. The molecule has 0 heterocycles. The smallest absolute Gasteiger partial charge is 0.257 e. The van der Waals surface area contributed by atoms with Crippen LogP contribution < -0.4 is 26.0 Å². The third kappa shape index (κ3) is 8.31. The van der Waals surface area contributed by atoms with E-state index < -0.39 is 0 Å². The maximum Gasteiger partial charge on any atom is 0.257 e. The number of hydrogen-bond acceptors (Lipinski definition) is 5. The molecule has 0 aliphatic carbocycles. The summed E-state index contributed by atoms with van der Waals surface area (Å²) >= 11 is 10.3. The Morgan fingerprint density at radius 3 is 2.06 bits per heavy atom. The Morgan fingerprint density at radius 2 is 1.52 bits per heavy atom. The van der Waals surface area contributed by atoms with Crippen molar-refractivity contribution in [1.82, 2.24) is 10.6 Å². The molecule has 31 heavy (non-hydrogen) atoms. The largest absolute Gasteiger partial charge is 0.491 e. The number of benzene rings is 2. The zero-order chi connectivity index (χ0) is 22.8. The van der Waals surface area contributed by atoms with E-state index in [0.29, 0.717) is 29.1 Å². The fourth-order valence-electron chi connectivity index (χ4n) is 2.38. The fraction of sp³-hybridized carbons (Fsp3) is 0.273. The predicted molar refractivity (Wildman–Crippen MR) is 132 cm³/mol. The fourth-order valence-corrected chi connectivity index (χ4v) is 2.82. The lowest BCUT2D eigenvalue weighted by Gasteiger charge is -2.14. The summed E-state index contributed by atoms with van der Waals surface area (Å²) in [5.74, 6) is 0.147. The molecule has 1 atom stereocenters. The molecular weight excluding hydrogens is 432 g/mol. The Balaban J connectivity index is 1.89. The number of rotatable bonds is 7. The molecule has 164 valence electrons. The van der Waals surface area contributed by atoms with E-state index in [1.807, 2.05) is 19.9 Å². The van der Waals surface area contributed by atoms with E-state index in [4.69, 9.17) is 29.2 Å². The van der Waals surface area contributed by atoms with Crippen molar-refractivity contribution in [1.29, 1.82) is 0 Å². The lowest BCUT2D eigenvalue weighted by molar-refractivity contribution is -0.119. The van der Waals surface area contributed by atoms with Crippen molar-refractivity contribution in [3.63, 3.8) is 0 Å². The second kappa shape index (κ2) is 12.0. The number of hydrogen-bond donors (Lipinski definition) is 4. The molecule has 7 nitrogen and oxygen atoms in total. The Kier molecular flexibility index (Phi) is 9.36. The molecule has 4 N–H and O–H groups in total. The summed E-state index contributed by atoms with van der Waals surface area (Å²) in [5, 5.41) is 11.5. The first kappa shape index (κ1) is 24.2. The summed E-state index contributed by atoms with van der Waals surface area (Å²) in [6.45, 7) is 5.76. The number of nitrogens with one attached hydrogen (secondary N) is 4. The highest BCUT2D eigenvalue weighted by Crippen LogP contribution is 2.16. The monoisotopic (exact) mass is 458 g/mol. The first-order valence-corrected chi connectivity index (χ1v) is 10.7. The van der Waals surface area contributed by atoms with Crippen molar-refractivity contribution < 1.29 is 14.3 Å². The van der Waals surface area contributed by atoms with Gasteiger partial charge < -0.3 is 20.7 Å². The van der Waals surface area contributed by atoms with Gasteiger partial charge in [0.1, 0.15) is 5.75 Å². The van der Waals surface area contributed by atoms with Crippen LogP contribution in [0.2, 0.25) is 0 Å². The lowest BCUT2D eigenvalue weighted by Crippen LogP contribution is -2.34. The second-order valence-corrected chi connectivity index (χ2v) is 7.52. The van der Waals surface area contributed by atoms with Gasteiger partial charge in [-0.25, -0.2) is 0 Å². The number of ether oxygens (including phenoxy) is 1. The van der Waals surface area contributed by atoms with Gasteiger partial charge in [-0.3, -0.25) is 14.9 Å². The number of carbonyl (C=O) groups excluding carboxylic acids is 2. The minimum Gasteiger partial charge on any atom is -0.491 e. The molecule has 2 aromatic rings. The first-order valence-electron chi connectivity index (χ1n) is 9.90. The number of anilines is 2. The Hall–Kier alpha value is -3.04. The van der Waals surface area contributed by atoms with Crippen molar-refractivity contribution in [3.8, 4) is 5.75 Å². The Labute approximate surface area is 192 Å². The van der Waals surface area contributed by atoms with Crippen LogP contribution in [-0.2, 0) is 4.79 Å². The van der Waals surface area contributed by atoms with E-state index in [9.17, 15) is 9.59 Å². The molecular formula is C22H26N4O3S2. The zero-order valence-electron chi connectivity index (χ0n) is 17.7. The SMILES string of the molecule is CCC(=O)NC(=S)Nc1ccc(NC(=S)NC(=O)c2cccc(O[C@H](C)CC)c2)cc1. The first-order chi connectivity index (χ1) is 14.8. The molecule has 0 spiro atoms. The van der Waals surface area contributed by atoms with E-state index in [-0.39, 0.29) is 28.1 Å².